The van der Waals surface area contributed by atoms with Crippen molar-refractivity contribution < 1.29 is 50.7 Å². The number of carbonyl (C=O) groups excluding carboxylic acids is 5. The monoisotopic (exact) mass is 705 g/mol. The van der Waals surface area contributed by atoms with Crippen LogP contribution in [-0.2, 0) is 25.6 Å². The molecule has 50 heavy (non-hydrogen) atoms. The van der Waals surface area contributed by atoms with Gasteiger partial charge in [-0.05, 0) is 48.2 Å². The van der Waals surface area contributed by atoms with E-state index < -0.39 is 72.1 Å². The number of amides is 4. The van der Waals surface area contributed by atoms with Crippen LogP contribution in [-0.4, -0.2) is 72.2 Å². The summed E-state index contributed by atoms with van der Waals surface area (Å²) in [5.41, 5.74) is 1.61. The fraction of sp³-hybridized carbons (Fsp3) is 0.353. The highest BCUT2D eigenvalue weighted by Crippen LogP contribution is 2.24. The number of alkyl halides is 5. The highest BCUT2D eigenvalue weighted by molar-refractivity contribution is 6.10. The van der Waals surface area contributed by atoms with Crippen LogP contribution in [0.4, 0.5) is 22.0 Å². The Balaban J connectivity index is 1.95. The summed E-state index contributed by atoms with van der Waals surface area (Å²) in [4.78, 5) is 69.6. The Hall–Kier alpha value is -5.41. The quantitative estimate of drug-likeness (QED) is 0.139. The summed E-state index contributed by atoms with van der Waals surface area (Å²) < 4.78 is 72.5. The van der Waals surface area contributed by atoms with E-state index in [9.17, 15) is 45.9 Å². The summed E-state index contributed by atoms with van der Waals surface area (Å²) in [5, 5.41) is 8.23. The molecule has 4 amide bonds. The van der Waals surface area contributed by atoms with Gasteiger partial charge < -0.3 is 26.0 Å². The van der Waals surface area contributed by atoms with E-state index in [1.807, 2.05) is 13.0 Å². The lowest BCUT2D eigenvalue weighted by molar-refractivity contribution is -0.165. The molecular weight excluding hydrogens is 669 g/mol. The van der Waals surface area contributed by atoms with Crippen LogP contribution >= 0.6 is 0 Å². The third-order valence-electron chi connectivity index (χ3n) is 7.33. The molecule has 268 valence electrons. The molecule has 3 rings (SSSR count). The van der Waals surface area contributed by atoms with E-state index in [1.54, 1.807) is 30.3 Å². The number of aryl methyl sites for hydroxylation is 1. The van der Waals surface area contributed by atoms with Crippen LogP contribution in [0.25, 0.3) is 0 Å². The number of hydrogen-bond donors (Lipinski definition) is 4. The molecule has 4 N–H and O–H groups in total. The van der Waals surface area contributed by atoms with Crippen LogP contribution in [0.15, 0.2) is 72.9 Å². The maximum Gasteiger partial charge on any atom is 0.405 e. The van der Waals surface area contributed by atoms with Gasteiger partial charge in [0.15, 0.2) is 0 Å². The Bertz CT molecular complexity index is 1670. The van der Waals surface area contributed by atoms with Gasteiger partial charge in [0.05, 0.1) is 13.2 Å². The first-order chi connectivity index (χ1) is 23.4. The lowest BCUT2D eigenvalue weighted by atomic mass is 9.94. The predicted molar refractivity (Wildman–Crippen MR) is 170 cm³/mol. The highest BCUT2D eigenvalue weighted by Gasteiger charge is 2.52. The molecule has 0 saturated heterocycles. The molecule has 0 bridgehead atoms. The molecule has 3 aromatic rings. The number of halogens is 5. The molecule has 0 radical (unpaired) electrons. The first-order valence-corrected chi connectivity index (χ1v) is 15.2. The van der Waals surface area contributed by atoms with E-state index in [-0.39, 0.29) is 17.7 Å². The van der Waals surface area contributed by atoms with Crippen molar-refractivity contribution in [2.45, 2.75) is 57.4 Å². The third kappa shape index (κ3) is 10.8. The lowest BCUT2D eigenvalue weighted by Crippen LogP contribution is -2.58. The fourth-order valence-corrected chi connectivity index (χ4v) is 4.72. The van der Waals surface area contributed by atoms with Crippen LogP contribution in [0.5, 0.6) is 5.75 Å². The molecule has 2 aromatic carbocycles. The summed E-state index contributed by atoms with van der Waals surface area (Å²) in [5.74, 6) is -13.1. The van der Waals surface area contributed by atoms with Crippen molar-refractivity contribution in [2.24, 2.45) is 5.92 Å². The van der Waals surface area contributed by atoms with Crippen LogP contribution in [0, 0.1) is 12.8 Å². The van der Waals surface area contributed by atoms with Crippen molar-refractivity contribution in [3.05, 3.63) is 95.3 Å². The molecule has 0 aliphatic heterocycles. The molecule has 0 fully saturated rings. The van der Waals surface area contributed by atoms with Gasteiger partial charge in [0, 0.05) is 12.6 Å². The Morgan fingerprint density at radius 2 is 1.52 bits per heavy atom. The molecule has 1 heterocycles. The van der Waals surface area contributed by atoms with E-state index in [2.05, 4.69) is 20.9 Å². The second-order valence-corrected chi connectivity index (χ2v) is 11.6. The van der Waals surface area contributed by atoms with E-state index >= 15 is 0 Å². The number of rotatable bonds is 15. The number of nitrogens with one attached hydrogen (secondary N) is 4. The normalized spacial score (nSPS) is 13.4. The first-order valence-electron chi connectivity index (χ1n) is 15.2. The molecule has 0 saturated carbocycles. The van der Waals surface area contributed by atoms with Gasteiger partial charge in [0.2, 0.25) is 17.6 Å². The zero-order valence-electron chi connectivity index (χ0n) is 27.4. The summed E-state index contributed by atoms with van der Waals surface area (Å²) in [7, 11) is 1.38. The van der Waals surface area contributed by atoms with E-state index in [0.29, 0.717) is 11.3 Å². The number of aromatic nitrogens is 1. The van der Waals surface area contributed by atoms with Gasteiger partial charge in [-0.1, -0.05) is 61.9 Å². The van der Waals surface area contributed by atoms with Crippen molar-refractivity contribution in [2.75, 3.05) is 13.7 Å². The topological polar surface area (TPSA) is 156 Å². The van der Waals surface area contributed by atoms with Gasteiger partial charge in [0.1, 0.15) is 30.1 Å². The fourth-order valence-electron chi connectivity index (χ4n) is 4.72. The number of Topliss-reactive ketones (excluding diaryl/α,β-unsaturated/α-hetero) is 1. The minimum atomic E-state index is -5.03. The van der Waals surface area contributed by atoms with Gasteiger partial charge in [-0.25, -0.2) is 0 Å². The van der Waals surface area contributed by atoms with E-state index in [0.717, 1.165) is 10.9 Å². The van der Waals surface area contributed by atoms with Crippen LogP contribution in [0.3, 0.4) is 0 Å². The first kappa shape index (κ1) is 39.0. The van der Waals surface area contributed by atoms with Gasteiger partial charge in [-0.3, -0.25) is 29.0 Å². The summed E-state index contributed by atoms with van der Waals surface area (Å²) in [6.07, 6.45) is -3.70. The van der Waals surface area contributed by atoms with Crippen molar-refractivity contribution in [1.29, 1.82) is 0 Å². The predicted octanol–water partition coefficient (Wildman–Crippen LogP) is 3.62. The second-order valence-electron chi connectivity index (χ2n) is 11.6. The molecule has 1 aromatic heterocycles. The van der Waals surface area contributed by atoms with Crippen molar-refractivity contribution in [3.8, 4) is 5.75 Å². The number of carbonyl (C=O) groups is 5. The molecule has 0 spiro atoms. The lowest BCUT2D eigenvalue weighted by Gasteiger charge is -2.28. The Morgan fingerprint density at radius 3 is 2.08 bits per heavy atom. The number of ketones is 1. The maximum atomic E-state index is 14.9. The van der Waals surface area contributed by atoms with Gasteiger partial charge in [0.25, 0.3) is 11.8 Å². The van der Waals surface area contributed by atoms with Gasteiger partial charge in [-0.2, -0.15) is 22.0 Å². The zero-order valence-corrected chi connectivity index (χ0v) is 27.4. The van der Waals surface area contributed by atoms with E-state index in [4.69, 9.17) is 4.74 Å². The Morgan fingerprint density at radius 1 is 0.840 bits per heavy atom. The zero-order chi connectivity index (χ0) is 37.2. The average Bonchev–Trinajstić information content (AvgIpc) is 3.07. The highest BCUT2D eigenvalue weighted by atomic mass is 19.4. The molecule has 0 aliphatic rings. The number of pyridine rings is 1. The Labute approximate surface area is 284 Å². The van der Waals surface area contributed by atoms with Gasteiger partial charge in [-0.15, -0.1) is 0 Å². The molecule has 0 aliphatic carbocycles. The van der Waals surface area contributed by atoms with Crippen molar-refractivity contribution >= 4 is 29.4 Å². The minimum Gasteiger partial charge on any atom is -0.497 e. The molecule has 3 atom stereocenters. The summed E-state index contributed by atoms with van der Waals surface area (Å²) in [6.45, 7) is 2.24. The SMILES string of the molecule is COc1ccc(C(NC(=O)C(Cc2cccc(C)c2)NC(=O)c2ccccn2)C(=O)N[C@H](C(=O)C(F)(F)C(=O)NCC(F)(F)F)C(C)C)cc1. The van der Waals surface area contributed by atoms with Crippen LogP contribution in [0.2, 0.25) is 0 Å². The summed E-state index contributed by atoms with van der Waals surface area (Å²) in [6, 6.07) is 12.3. The van der Waals surface area contributed by atoms with E-state index in [1.165, 1.54) is 57.5 Å². The number of ether oxygens (including phenoxy) is 1. The van der Waals surface area contributed by atoms with Crippen molar-refractivity contribution in [3.63, 3.8) is 0 Å². The molecule has 11 nitrogen and oxygen atoms in total. The Kier molecular flexibility index (Phi) is 13.1. The smallest absolute Gasteiger partial charge is 0.405 e. The molecular formula is C34H36F5N5O6. The minimum absolute atomic E-state index is 0.00234. The summed E-state index contributed by atoms with van der Waals surface area (Å²) >= 11 is 0. The van der Waals surface area contributed by atoms with Crippen molar-refractivity contribution in [1.82, 2.24) is 26.3 Å². The van der Waals surface area contributed by atoms with Crippen LogP contribution in [0.1, 0.15) is 47.1 Å². The molecule has 2 unspecified atom stereocenters. The maximum absolute atomic E-state index is 14.9. The number of nitrogens with zero attached hydrogens (tertiary/aromatic N) is 1. The average molecular weight is 706 g/mol. The largest absolute Gasteiger partial charge is 0.497 e. The number of methoxy groups -OCH3 is 1. The van der Waals surface area contributed by atoms with Gasteiger partial charge >= 0.3 is 12.1 Å². The third-order valence-corrected chi connectivity index (χ3v) is 7.33. The second kappa shape index (κ2) is 16.8. The number of benzene rings is 2. The standard InChI is InChI=1S/C34H36F5N5O6/c1-19(2)26(28(45)34(38,39)32(49)41-18-33(35,36)37)43-31(48)27(22-11-13-23(50-4)14-12-22)44-30(47)25(17-21-9-7-8-20(3)16-21)42-29(46)24-10-5-6-15-40-24/h5-16,19,25-27H,17-18H2,1-4H3,(H,41,49)(H,42,46)(H,43,48)(H,44,47)/t25?,26-,27?/m0/s1. The molecule has 16 heteroatoms. The number of hydrogen-bond acceptors (Lipinski definition) is 7. The van der Waals surface area contributed by atoms with Crippen LogP contribution < -0.4 is 26.0 Å².